The minimum absolute atomic E-state index is 0.120. The van der Waals surface area contributed by atoms with Crippen LogP contribution in [0.25, 0.3) is 0 Å². The Morgan fingerprint density at radius 1 is 0.682 bits per heavy atom. The lowest BCUT2D eigenvalue weighted by atomic mass is 9.87. The average Bonchev–Trinajstić information content (AvgIpc) is 3.32. The van der Waals surface area contributed by atoms with Gasteiger partial charge in [0.15, 0.2) is 0 Å². The van der Waals surface area contributed by atoms with Gasteiger partial charge in [0.2, 0.25) is 11.7 Å². The Balaban J connectivity index is 1.01. The highest BCUT2D eigenvalue weighted by atomic mass is 16.5. The number of benzene rings is 3. The summed E-state index contributed by atoms with van der Waals surface area (Å²) >= 11 is 0. The number of ether oxygens (including phenoxy) is 4. The molecule has 2 amide bonds. The molecule has 2 aliphatic heterocycles. The number of likely N-dealkylation sites (tertiary alicyclic amines) is 2. The zero-order valence-electron chi connectivity index (χ0n) is 40.2. The Kier molecular flexibility index (Phi) is 19.8. The zero-order valence-corrected chi connectivity index (χ0v) is 40.2. The van der Waals surface area contributed by atoms with Crippen molar-refractivity contribution in [3.63, 3.8) is 0 Å². The summed E-state index contributed by atoms with van der Waals surface area (Å²) in [5.41, 5.74) is 5.64. The average molecular weight is 909 g/mol. The minimum atomic E-state index is -1.27. The van der Waals surface area contributed by atoms with Crippen LogP contribution >= 0.6 is 0 Å². The van der Waals surface area contributed by atoms with Crippen LogP contribution in [0.2, 0.25) is 0 Å². The van der Waals surface area contributed by atoms with Crippen molar-refractivity contribution in [2.24, 2.45) is 5.41 Å². The number of carbonyl (C=O) groups excluding carboxylic acids is 6. The number of piperidine rings is 2. The van der Waals surface area contributed by atoms with Gasteiger partial charge in [0.1, 0.15) is 30.5 Å². The molecule has 2 heterocycles. The van der Waals surface area contributed by atoms with E-state index in [1.807, 2.05) is 42.5 Å². The van der Waals surface area contributed by atoms with Crippen LogP contribution in [-0.4, -0.2) is 90.3 Å². The number of carbonyl (C=O) groups is 6. The molecule has 3 aromatic rings. The van der Waals surface area contributed by atoms with E-state index in [0.717, 1.165) is 56.1 Å². The number of amides is 2. The molecule has 2 aliphatic rings. The molecule has 2 saturated heterocycles. The van der Waals surface area contributed by atoms with Crippen LogP contribution in [-0.2, 0) is 55.8 Å². The quantitative estimate of drug-likeness (QED) is 0.0391. The van der Waals surface area contributed by atoms with E-state index in [1.165, 1.54) is 34.1 Å². The SMILES string of the molecule is CC(=O)N1CCCCC1C(=O)O[C@H](CCc1ccccc1)c1cccc(OCCCCCCC(=O)OCC(C)(C)C(=O)C(=O)N2CCCC[C@H]2C(=O)OCCCc2cc(C)c(C)c(C)c2)c1. The van der Waals surface area contributed by atoms with E-state index in [2.05, 4.69) is 45.0 Å². The second-order valence-electron chi connectivity index (χ2n) is 18.8. The molecule has 2 fully saturated rings. The third kappa shape index (κ3) is 15.3. The van der Waals surface area contributed by atoms with Crippen molar-refractivity contribution in [1.29, 1.82) is 0 Å². The Labute approximate surface area is 392 Å². The van der Waals surface area contributed by atoms with Crippen LogP contribution in [0.5, 0.6) is 5.75 Å². The molecule has 358 valence electrons. The van der Waals surface area contributed by atoms with E-state index in [-0.39, 0.29) is 38.1 Å². The maximum Gasteiger partial charge on any atom is 0.329 e. The second kappa shape index (κ2) is 25.4. The molecule has 1 unspecified atom stereocenters. The van der Waals surface area contributed by atoms with Crippen molar-refractivity contribution in [1.82, 2.24) is 9.80 Å². The Morgan fingerprint density at radius 2 is 1.35 bits per heavy atom. The van der Waals surface area contributed by atoms with Gasteiger partial charge in [-0.3, -0.25) is 19.2 Å². The molecular formula is C54H72N2O10. The number of rotatable bonds is 23. The van der Waals surface area contributed by atoms with E-state index in [1.54, 1.807) is 18.7 Å². The number of nitrogens with zero attached hydrogens (tertiary/aromatic N) is 2. The summed E-state index contributed by atoms with van der Waals surface area (Å²) in [6.45, 7) is 12.2. The van der Waals surface area contributed by atoms with Crippen molar-refractivity contribution in [2.75, 3.05) is 32.9 Å². The molecule has 0 spiro atoms. The highest BCUT2D eigenvalue weighted by Gasteiger charge is 2.42. The minimum Gasteiger partial charge on any atom is -0.494 e. The Hall–Kier alpha value is -5.52. The summed E-state index contributed by atoms with van der Waals surface area (Å²) in [6.07, 6.45) is 9.52. The van der Waals surface area contributed by atoms with Crippen molar-refractivity contribution in [3.8, 4) is 5.75 Å². The first-order valence-corrected chi connectivity index (χ1v) is 24.1. The first-order valence-electron chi connectivity index (χ1n) is 24.1. The molecule has 5 rings (SSSR count). The maximum absolute atomic E-state index is 13.5. The van der Waals surface area contributed by atoms with Crippen LogP contribution in [0.4, 0.5) is 0 Å². The summed E-state index contributed by atoms with van der Waals surface area (Å²) in [7, 11) is 0. The maximum atomic E-state index is 13.5. The van der Waals surface area contributed by atoms with Crippen LogP contribution in [0.3, 0.4) is 0 Å². The number of hydrogen-bond acceptors (Lipinski definition) is 10. The highest BCUT2D eigenvalue weighted by molar-refractivity contribution is 6.38. The van der Waals surface area contributed by atoms with Crippen LogP contribution < -0.4 is 4.74 Å². The third-order valence-corrected chi connectivity index (χ3v) is 13.0. The van der Waals surface area contributed by atoms with Crippen molar-refractivity contribution >= 4 is 35.5 Å². The molecule has 0 aliphatic carbocycles. The van der Waals surface area contributed by atoms with E-state index in [4.69, 9.17) is 18.9 Å². The van der Waals surface area contributed by atoms with Crippen LogP contribution in [0, 0.1) is 26.2 Å². The smallest absolute Gasteiger partial charge is 0.329 e. The predicted octanol–water partition coefficient (Wildman–Crippen LogP) is 9.25. The molecule has 0 aromatic heterocycles. The van der Waals surface area contributed by atoms with Gasteiger partial charge in [-0.2, -0.15) is 0 Å². The molecular weight excluding hydrogens is 837 g/mol. The lowest BCUT2D eigenvalue weighted by molar-refractivity contribution is -0.162. The highest BCUT2D eigenvalue weighted by Crippen LogP contribution is 2.30. The van der Waals surface area contributed by atoms with Gasteiger partial charge >= 0.3 is 17.9 Å². The first kappa shape index (κ1) is 51.5. The van der Waals surface area contributed by atoms with Gasteiger partial charge in [-0.1, -0.05) is 67.4 Å². The second-order valence-corrected chi connectivity index (χ2v) is 18.8. The summed E-state index contributed by atoms with van der Waals surface area (Å²) < 4.78 is 23.4. The van der Waals surface area contributed by atoms with E-state index >= 15 is 0 Å². The van der Waals surface area contributed by atoms with Gasteiger partial charge in [-0.25, -0.2) is 9.59 Å². The van der Waals surface area contributed by atoms with Crippen LogP contribution in [0.1, 0.15) is 144 Å². The monoisotopic (exact) mass is 909 g/mol. The van der Waals surface area contributed by atoms with E-state index in [9.17, 15) is 28.8 Å². The molecule has 0 radical (unpaired) electrons. The molecule has 66 heavy (non-hydrogen) atoms. The van der Waals surface area contributed by atoms with E-state index in [0.29, 0.717) is 63.8 Å². The number of esters is 3. The van der Waals surface area contributed by atoms with Gasteiger partial charge in [0, 0.05) is 26.4 Å². The Morgan fingerprint density at radius 3 is 2.05 bits per heavy atom. The summed E-state index contributed by atoms with van der Waals surface area (Å²) in [4.78, 5) is 81.7. The summed E-state index contributed by atoms with van der Waals surface area (Å²) in [6, 6.07) is 20.6. The number of aryl methyl sites for hydroxylation is 4. The molecule has 0 N–H and O–H groups in total. The fraction of sp³-hybridized carbons (Fsp3) is 0.556. The van der Waals surface area contributed by atoms with Gasteiger partial charge < -0.3 is 28.7 Å². The first-order chi connectivity index (χ1) is 31.6. The largest absolute Gasteiger partial charge is 0.494 e. The predicted molar refractivity (Wildman–Crippen MR) is 253 cm³/mol. The topological polar surface area (TPSA) is 146 Å². The number of ketones is 1. The molecule has 12 heteroatoms. The van der Waals surface area contributed by atoms with Gasteiger partial charge in [0.05, 0.1) is 18.6 Å². The number of hydrogen-bond donors (Lipinski definition) is 0. The standard InChI is InChI=1S/C54H72N2O10/c1-38-34-43(35-39(2)40(38)3)22-19-33-64-52(61)46-25-14-16-31-56(46)51(60)50(59)54(5,6)37-65-49(58)27-12-7-8-17-32-63-45-24-18-23-44(36-45)48(29-28-42-20-10-9-11-21-42)66-53(62)47-26-13-15-30-55(47)41(4)57/h9-11,18,20-21,23-24,34-36,46-48H,7-8,12-17,19,22,25-33,37H2,1-6H3/t46-,47?,48+/m0/s1. The zero-order chi connectivity index (χ0) is 47.6. The van der Waals surface area contributed by atoms with Gasteiger partial charge in [-0.05, 0) is 157 Å². The van der Waals surface area contributed by atoms with Gasteiger partial charge in [-0.15, -0.1) is 0 Å². The van der Waals surface area contributed by atoms with Gasteiger partial charge in [0.25, 0.3) is 5.91 Å². The summed E-state index contributed by atoms with van der Waals surface area (Å²) in [5.74, 6) is -2.21. The molecule has 3 aromatic carbocycles. The molecule has 0 saturated carbocycles. The normalized spacial score (nSPS) is 16.8. The lowest BCUT2D eigenvalue weighted by Crippen LogP contribution is -2.53. The Bertz CT molecular complexity index is 2090. The molecule has 3 atom stereocenters. The van der Waals surface area contributed by atoms with Crippen molar-refractivity contribution in [2.45, 2.75) is 156 Å². The summed E-state index contributed by atoms with van der Waals surface area (Å²) in [5, 5.41) is 0. The fourth-order valence-corrected chi connectivity index (χ4v) is 8.78. The molecule has 0 bridgehead atoms. The van der Waals surface area contributed by atoms with Crippen molar-refractivity contribution in [3.05, 3.63) is 100 Å². The van der Waals surface area contributed by atoms with Crippen LogP contribution in [0.15, 0.2) is 66.7 Å². The lowest BCUT2D eigenvalue weighted by Gasteiger charge is -2.35. The third-order valence-electron chi connectivity index (χ3n) is 13.0. The fourth-order valence-electron chi connectivity index (χ4n) is 8.78. The number of unbranched alkanes of at least 4 members (excludes halogenated alkanes) is 3. The number of Topliss-reactive ketones (excluding diaryl/α,β-unsaturated/α-hetero) is 1. The molecule has 12 nitrogen and oxygen atoms in total. The van der Waals surface area contributed by atoms with E-state index < -0.39 is 47.2 Å². The van der Waals surface area contributed by atoms with Crippen molar-refractivity contribution < 1.29 is 47.7 Å².